The number of rotatable bonds is 9. The Labute approximate surface area is 175 Å². The Hall–Kier alpha value is -1.96. The van der Waals surface area contributed by atoms with Crippen molar-refractivity contribution in [2.24, 2.45) is 5.92 Å². The van der Waals surface area contributed by atoms with Crippen molar-refractivity contribution in [3.05, 3.63) is 65.7 Å². The summed E-state index contributed by atoms with van der Waals surface area (Å²) < 4.78 is 24.7. The highest BCUT2D eigenvalue weighted by atomic mass is 19.3. The molecule has 0 heterocycles. The Balaban J connectivity index is 1.49. The van der Waals surface area contributed by atoms with Crippen LogP contribution in [0.25, 0.3) is 17.2 Å². The molecule has 3 rings (SSSR count). The summed E-state index contributed by atoms with van der Waals surface area (Å²) in [6.45, 7) is 2.28. The maximum Gasteiger partial charge on any atom is 0.270 e. The Morgan fingerprint density at radius 1 is 0.793 bits per heavy atom. The normalized spacial score (nSPS) is 19.1. The summed E-state index contributed by atoms with van der Waals surface area (Å²) in [6, 6.07) is 16.2. The van der Waals surface area contributed by atoms with E-state index in [1.165, 1.54) is 69.8 Å². The van der Waals surface area contributed by atoms with Gasteiger partial charge in [-0.25, -0.2) is 0 Å². The van der Waals surface area contributed by atoms with Gasteiger partial charge < -0.3 is 0 Å². The van der Waals surface area contributed by atoms with Gasteiger partial charge in [0.2, 0.25) is 0 Å². The van der Waals surface area contributed by atoms with Gasteiger partial charge in [-0.05, 0) is 59.8 Å². The molecule has 0 saturated heterocycles. The largest absolute Gasteiger partial charge is 0.270 e. The molecular formula is C27H34F2. The molecule has 2 aromatic rings. The predicted octanol–water partition coefficient (Wildman–Crippen LogP) is 9.23. The van der Waals surface area contributed by atoms with Gasteiger partial charge in [-0.15, -0.1) is 0 Å². The fourth-order valence-corrected chi connectivity index (χ4v) is 4.67. The maximum absolute atomic E-state index is 12.4. The molecular weight excluding hydrogens is 362 g/mol. The lowest BCUT2D eigenvalue weighted by molar-refractivity contribution is 0.302. The topological polar surface area (TPSA) is 0 Å². The maximum atomic E-state index is 12.4. The molecule has 0 amide bonds. The minimum absolute atomic E-state index is 0.535. The van der Waals surface area contributed by atoms with Crippen LogP contribution >= 0.6 is 0 Å². The molecule has 0 radical (unpaired) electrons. The molecule has 29 heavy (non-hydrogen) atoms. The molecule has 0 unspecified atom stereocenters. The molecule has 1 aliphatic rings. The molecule has 2 aromatic carbocycles. The summed E-state index contributed by atoms with van der Waals surface area (Å²) in [4.78, 5) is 0. The van der Waals surface area contributed by atoms with Crippen LogP contribution in [0.15, 0.2) is 54.6 Å². The minimum atomic E-state index is -1.66. The van der Waals surface area contributed by atoms with Crippen molar-refractivity contribution >= 4 is 6.08 Å². The molecule has 1 fully saturated rings. The zero-order chi connectivity index (χ0) is 20.5. The Bertz CT molecular complexity index is 746. The molecule has 0 spiro atoms. The molecule has 2 heteroatoms. The van der Waals surface area contributed by atoms with Gasteiger partial charge in [0.25, 0.3) is 6.08 Å². The van der Waals surface area contributed by atoms with Crippen LogP contribution in [-0.2, 0) is 0 Å². The van der Waals surface area contributed by atoms with Crippen molar-refractivity contribution in [1.82, 2.24) is 0 Å². The first-order chi connectivity index (χ1) is 14.2. The van der Waals surface area contributed by atoms with Crippen LogP contribution in [0.3, 0.4) is 0 Å². The number of hydrogen-bond acceptors (Lipinski definition) is 0. The van der Waals surface area contributed by atoms with Crippen LogP contribution in [0.4, 0.5) is 8.78 Å². The lowest BCUT2D eigenvalue weighted by atomic mass is 9.77. The van der Waals surface area contributed by atoms with Crippen molar-refractivity contribution in [1.29, 1.82) is 0 Å². The Morgan fingerprint density at radius 2 is 1.38 bits per heavy atom. The van der Waals surface area contributed by atoms with E-state index in [0.717, 1.165) is 23.1 Å². The highest BCUT2D eigenvalue weighted by molar-refractivity contribution is 5.66. The molecule has 0 atom stereocenters. The van der Waals surface area contributed by atoms with Crippen molar-refractivity contribution in [3.63, 3.8) is 0 Å². The van der Waals surface area contributed by atoms with Crippen molar-refractivity contribution in [3.8, 4) is 11.1 Å². The summed E-state index contributed by atoms with van der Waals surface area (Å²) in [5.41, 5.74) is 4.20. The fourth-order valence-electron chi connectivity index (χ4n) is 4.67. The summed E-state index contributed by atoms with van der Waals surface area (Å²) in [7, 11) is 0. The standard InChI is InChI=1S/C27H34F2/c1-2-3-4-5-6-7-21-8-12-23(13-9-21)25-16-18-26(19-17-25)24-14-10-22(11-15-24)20-27(28)29/h10-11,14-21,23H,2-9,12-13H2,1H3. The molecule has 0 nitrogen and oxygen atoms in total. The zero-order valence-corrected chi connectivity index (χ0v) is 17.7. The molecule has 0 N–H and O–H groups in total. The van der Waals surface area contributed by atoms with Crippen LogP contribution in [0.1, 0.15) is 88.2 Å². The number of halogens is 2. The fraction of sp³-hybridized carbons (Fsp3) is 0.481. The summed E-state index contributed by atoms with van der Waals surface area (Å²) >= 11 is 0. The van der Waals surface area contributed by atoms with Crippen LogP contribution in [0.2, 0.25) is 0 Å². The summed E-state index contributed by atoms with van der Waals surface area (Å²) in [6.07, 6.45) is 13.0. The Kier molecular flexibility index (Phi) is 8.46. The highest BCUT2D eigenvalue weighted by Crippen LogP contribution is 2.38. The van der Waals surface area contributed by atoms with Crippen LogP contribution in [0.5, 0.6) is 0 Å². The molecule has 156 valence electrons. The number of hydrogen-bond donors (Lipinski definition) is 0. The smallest absolute Gasteiger partial charge is 0.173 e. The SMILES string of the molecule is CCCCCCCC1CCC(c2ccc(-c3ccc(C=C(F)F)cc3)cc2)CC1. The number of unbranched alkanes of at least 4 members (excludes halogenated alkanes) is 4. The third-order valence-corrected chi connectivity index (χ3v) is 6.46. The van der Waals surface area contributed by atoms with E-state index in [1.54, 1.807) is 12.1 Å². The lowest BCUT2D eigenvalue weighted by Crippen LogP contribution is -2.13. The van der Waals surface area contributed by atoms with E-state index in [4.69, 9.17) is 0 Å². The van der Waals surface area contributed by atoms with Gasteiger partial charge >= 0.3 is 0 Å². The molecule has 1 aliphatic carbocycles. The van der Waals surface area contributed by atoms with Crippen LogP contribution in [-0.4, -0.2) is 0 Å². The van der Waals surface area contributed by atoms with Gasteiger partial charge in [0.05, 0.1) is 0 Å². The zero-order valence-electron chi connectivity index (χ0n) is 17.7. The number of benzene rings is 2. The van der Waals surface area contributed by atoms with Gasteiger partial charge in [0.1, 0.15) is 0 Å². The van der Waals surface area contributed by atoms with Gasteiger partial charge in [-0.3, -0.25) is 0 Å². The van der Waals surface area contributed by atoms with E-state index in [0.29, 0.717) is 11.5 Å². The Morgan fingerprint density at radius 3 is 1.97 bits per heavy atom. The first kappa shape index (κ1) is 21.7. The molecule has 0 aromatic heterocycles. The third kappa shape index (κ3) is 6.80. The van der Waals surface area contributed by atoms with Crippen molar-refractivity contribution in [2.75, 3.05) is 0 Å². The minimum Gasteiger partial charge on any atom is -0.173 e. The molecule has 1 saturated carbocycles. The van der Waals surface area contributed by atoms with Crippen LogP contribution in [0, 0.1) is 5.92 Å². The lowest BCUT2D eigenvalue weighted by Gasteiger charge is -2.29. The summed E-state index contributed by atoms with van der Waals surface area (Å²) in [5, 5.41) is 0. The van der Waals surface area contributed by atoms with Gasteiger partial charge in [-0.2, -0.15) is 8.78 Å². The predicted molar refractivity (Wildman–Crippen MR) is 120 cm³/mol. The van der Waals surface area contributed by atoms with E-state index >= 15 is 0 Å². The van der Waals surface area contributed by atoms with E-state index in [-0.39, 0.29) is 0 Å². The average Bonchev–Trinajstić information content (AvgIpc) is 2.74. The van der Waals surface area contributed by atoms with E-state index in [2.05, 4.69) is 31.2 Å². The first-order valence-corrected chi connectivity index (χ1v) is 11.4. The first-order valence-electron chi connectivity index (χ1n) is 11.4. The second kappa shape index (κ2) is 11.3. The van der Waals surface area contributed by atoms with Gasteiger partial charge in [0, 0.05) is 6.08 Å². The van der Waals surface area contributed by atoms with Gasteiger partial charge in [0.15, 0.2) is 0 Å². The quantitative estimate of drug-likeness (QED) is 0.370. The highest BCUT2D eigenvalue weighted by Gasteiger charge is 2.22. The van der Waals surface area contributed by atoms with E-state index < -0.39 is 6.08 Å². The summed E-state index contributed by atoms with van der Waals surface area (Å²) in [5.74, 6) is 1.63. The van der Waals surface area contributed by atoms with E-state index in [9.17, 15) is 8.78 Å². The van der Waals surface area contributed by atoms with Crippen LogP contribution < -0.4 is 0 Å². The van der Waals surface area contributed by atoms with Crippen molar-refractivity contribution < 1.29 is 8.78 Å². The van der Waals surface area contributed by atoms with E-state index in [1.807, 2.05) is 12.1 Å². The van der Waals surface area contributed by atoms with Gasteiger partial charge in [-0.1, -0.05) is 94.0 Å². The second-order valence-electron chi connectivity index (χ2n) is 8.60. The second-order valence-corrected chi connectivity index (χ2v) is 8.60. The monoisotopic (exact) mass is 396 g/mol. The third-order valence-electron chi connectivity index (χ3n) is 6.46. The van der Waals surface area contributed by atoms with Crippen molar-refractivity contribution in [2.45, 2.75) is 77.0 Å². The molecule has 0 bridgehead atoms. The molecule has 0 aliphatic heterocycles. The average molecular weight is 397 g/mol.